The lowest BCUT2D eigenvalue weighted by Gasteiger charge is -2.10. The van der Waals surface area contributed by atoms with Gasteiger partial charge in [-0.15, -0.1) is 11.3 Å². The van der Waals surface area contributed by atoms with Gasteiger partial charge in [-0.3, -0.25) is 0 Å². The van der Waals surface area contributed by atoms with Crippen LogP contribution in [0.2, 0.25) is 4.34 Å². The highest BCUT2D eigenvalue weighted by molar-refractivity contribution is 7.22. The number of fused-ring (bicyclic) bond motifs is 1. The Morgan fingerprint density at radius 2 is 2.25 bits per heavy atom. The lowest BCUT2D eigenvalue weighted by Crippen LogP contribution is -2.00. The van der Waals surface area contributed by atoms with E-state index >= 15 is 0 Å². The summed E-state index contributed by atoms with van der Waals surface area (Å²) in [6.45, 7) is 1.99. The molecule has 2 nitrogen and oxygen atoms in total. The quantitative estimate of drug-likeness (QED) is 0.806. The maximum Gasteiger partial charge on any atom is 0.168 e. The number of nitriles is 1. The van der Waals surface area contributed by atoms with Crippen LogP contribution in [0.5, 0.6) is 0 Å². The molecule has 0 aliphatic heterocycles. The number of nitrogens with zero attached hydrogens (tertiary/aromatic N) is 1. The monoisotopic (exact) mass is 251 g/mol. The largest absolute Gasteiger partial charge is 0.362 e. The average molecular weight is 252 g/mol. The molecule has 16 heavy (non-hydrogen) atoms. The minimum atomic E-state index is -0.509. The molecule has 0 saturated heterocycles. The second-order valence-corrected chi connectivity index (χ2v) is 5.18. The van der Waals surface area contributed by atoms with Gasteiger partial charge < -0.3 is 4.74 Å². The highest BCUT2D eigenvalue weighted by Gasteiger charge is 2.14. The Labute approximate surface area is 103 Å². The molecule has 2 rings (SSSR count). The van der Waals surface area contributed by atoms with E-state index in [0.29, 0.717) is 0 Å². The summed E-state index contributed by atoms with van der Waals surface area (Å²) >= 11 is 7.51. The summed E-state index contributed by atoms with van der Waals surface area (Å²) in [7, 11) is 1.54. The van der Waals surface area contributed by atoms with Crippen molar-refractivity contribution >= 4 is 33.0 Å². The van der Waals surface area contributed by atoms with Crippen LogP contribution in [-0.4, -0.2) is 7.11 Å². The topological polar surface area (TPSA) is 33.0 Å². The number of aryl methyl sites for hydroxylation is 1. The highest BCUT2D eigenvalue weighted by Crippen LogP contribution is 2.35. The standard InChI is InChI=1S/C12H10ClNOS/c1-7-9(10(6-14)15-2)4-3-8-5-11(13)16-12(7)8/h3-5,10H,1-2H3. The first-order valence-corrected chi connectivity index (χ1v) is 5.97. The molecular weight excluding hydrogens is 242 g/mol. The number of hydrogen-bond acceptors (Lipinski definition) is 3. The average Bonchev–Trinajstić information content (AvgIpc) is 2.65. The zero-order valence-corrected chi connectivity index (χ0v) is 10.5. The van der Waals surface area contributed by atoms with Crippen LogP contribution in [0.15, 0.2) is 18.2 Å². The maximum absolute atomic E-state index is 8.98. The Bertz CT molecular complexity index is 570. The lowest BCUT2D eigenvalue weighted by atomic mass is 10.0. The van der Waals surface area contributed by atoms with Crippen molar-refractivity contribution in [1.82, 2.24) is 0 Å². The Balaban J connectivity index is 2.65. The second kappa shape index (κ2) is 4.42. The fraction of sp³-hybridized carbons (Fsp3) is 0.250. The summed E-state index contributed by atoms with van der Waals surface area (Å²) < 4.78 is 7.02. The molecule has 1 unspecified atom stereocenters. The molecule has 0 spiro atoms. The molecular formula is C12H10ClNOS. The lowest BCUT2D eigenvalue weighted by molar-refractivity contribution is 0.148. The third kappa shape index (κ3) is 1.80. The predicted octanol–water partition coefficient (Wildman–Crippen LogP) is 4.07. The molecule has 1 aromatic carbocycles. The normalized spacial score (nSPS) is 12.6. The number of thiophene rings is 1. The van der Waals surface area contributed by atoms with Crippen LogP contribution in [0.3, 0.4) is 0 Å². The molecule has 2 aromatic rings. The van der Waals surface area contributed by atoms with Crippen LogP contribution >= 0.6 is 22.9 Å². The molecule has 0 aliphatic carbocycles. The van der Waals surface area contributed by atoms with E-state index in [4.69, 9.17) is 21.6 Å². The van der Waals surface area contributed by atoms with E-state index in [9.17, 15) is 0 Å². The molecule has 0 N–H and O–H groups in total. The van der Waals surface area contributed by atoms with Gasteiger partial charge in [-0.05, 0) is 29.5 Å². The molecule has 0 radical (unpaired) electrons. The van der Waals surface area contributed by atoms with Crippen molar-refractivity contribution in [3.05, 3.63) is 33.7 Å². The summed E-state index contributed by atoms with van der Waals surface area (Å²) in [6, 6.07) is 7.97. The molecule has 82 valence electrons. The molecule has 1 aromatic heterocycles. The van der Waals surface area contributed by atoms with Crippen molar-refractivity contribution in [3.63, 3.8) is 0 Å². The van der Waals surface area contributed by atoms with Gasteiger partial charge >= 0.3 is 0 Å². The van der Waals surface area contributed by atoms with Gasteiger partial charge in [0.1, 0.15) is 0 Å². The Hall–Kier alpha value is -1.08. The van der Waals surface area contributed by atoms with Gasteiger partial charge in [0.2, 0.25) is 0 Å². The second-order valence-electron chi connectivity index (χ2n) is 3.49. The summed E-state index contributed by atoms with van der Waals surface area (Å²) in [5.41, 5.74) is 1.99. The number of halogens is 1. The van der Waals surface area contributed by atoms with Gasteiger partial charge in [-0.1, -0.05) is 23.7 Å². The van der Waals surface area contributed by atoms with Gasteiger partial charge in [-0.2, -0.15) is 5.26 Å². The van der Waals surface area contributed by atoms with Crippen LogP contribution in [0.25, 0.3) is 10.1 Å². The molecule has 0 aliphatic rings. The minimum absolute atomic E-state index is 0.509. The number of hydrogen-bond donors (Lipinski definition) is 0. The van der Waals surface area contributed by atoms with Gasteiger partial charge in [0.25, 0.3) is 0 Å². The zero-order chi connectivity index (χ0) is 11.7. The summed E-state index contributed by atoms with van der Waals surface area (Å²) in [6.07, 6.45) is -0.509. The van der Waals surface area contributed by atoms with Crippen molar-refractivity contribution in [2.45, 2.75) is 13.0 Å². The third-order valence-electron chi connectivity index (χ3n) is 2.58. The van der Waals surface area contributed by atoms with Gasteiger partial charge in [0.15, 0.2) is 6.10 Å². The van der Waals surface area contributed by atoms with E-state index in [1.54, 1.807) is 7.11 Å². The highest BCUT2D eigenvalue weighted by atomic mass is 35.5. The molecule has 1 atom stereocenters. The SMILES string of the molecule is COC(C#N)c1ccc2cc(Cl)sc2c1C. The number of benzene rings is 1. The smallest absolute Gasteiger partial charge is 0.168 e. The van der Waals surface area contributed by atoms with E-state index in [1.165, 1.54) is 11.3 Å². The number of ether oxygens (including phenoxy) is 1. The Morgan fingerprint density at radius 1 is 1.50 bits per heavy atom. The molecule has 0 bridgehead atoms. The van der Waals surface area contributed by atoms with Crippen molar-refractivity contribution < 1.29 is 4.74 Å². The van der Waals surface area contributed by atoms with Crippen molar-refractivity contribution in [1.29, 1.82) is 5.26 Å². The Kier molecular flexibility index (Phi) is 3.15. The molecule has 4 heteroatoms. The molecule has 1 heterocycles. The van der Waals surface area contributed by atoms with E-state index < -0.39 is 6.10 Å². The van der Waals surface area contributed by atoms with Crippen molar-refractivity contribution in [2.24, 2.45) is 0 Å². The first kappa shape index (κ1) is 11.4. The zero-order valence-electron chi connectivity index (χ0n) is 8.95. The first-order chi connectivity index (χ1) is 7.67. The number of rotatable bonds is 2. The third-order valence-corrected chi connectivity index (χ3v) is 3.98. The van der Waals surface area contributed by atoms with Gasteiger partial charge in [-0.25, -0.2) is 0 Å². The van der Waals surface area contributed by atoms with Crippen LogP contribution in [0.1, 0.15) is 17.2 Å². The molecule has 0 amide bonds. The molecule has 0 saturated carbocycles. The van der Waals surface area contributed by atoms with Crippen LogP contribution in [-0.2, 0) is 4.74 Å². The van der Waals surface area contributed by atoms with Crippen LogP contribution in [0, 0.1) is 18.3 Å². The summed E-state index contributed by atoms with van der Waals surface area (Å²) in [5.74, 6) is 0. The van der Waals surface area contributed by atoms with E-state index in [2.05, 4.69) is 6.07 Å². The maximum atomic E-state index is 8.98. The van der Waals surface area contributed by atoms with Gasteiger partial charge in [0, 0.05) is 11.8 Å². The van der Waals surface area contributed by atoms with E-state index in [1.807, 2.05) is 25.1 Å². The predicted molar refractivity (Wildman–Crippen MR) is 66.9 cm³/mol. The fourth-order valence-electron chi connectivity index (χ4n) is 1.76. The first-order valence-electron chi connectivity index (χ1n) is 4.78. The van der Waals surface area contributed by atoms with Crippen molar-refractivity contribution in [2.75, 3.05) is 7.11 Å². The summed E-state index contributed by atoms with van der Waals surface area (Å²) in [4.78, 5) is 0. The van der Waals surface area contributed by atoms with Crippen LogP contribution < -0.4 is 0 Å². The number of methoxy groups -OCH3 is 1. The van der Waals surface area contributed by atoms with E-state index in [0.717, 1.165) is 25.5 Å². The van der Waals surface area contributed by atoms with Gasteiger partial charge in [0.05, 0.1) is 10.4 Å². The van der Waals surface area contributed by atoms with Crippen molar-refractivity contribution in [3.8, 4) is 6.07 Å². The minimum Gasteiger partial charge on any atom is -0.362 e. The van der Waals surface area contributed by atoms with Crippen LogP contribution in [0.4, 0.5) is 0 Å². The van der Waals surface area contributed by atoms with E-state index in [-0.39, 0.29) is 0 Å². The summed E-state index contributed by atoms with van der Waals surface area (Å²) in [5, 5.41) is 10.1. The Morgan fingerprint density at radius 3 is 2.88 bits per heavy atom. The fourth-order valence-corrected chi connectivity index (χ4v) is 3.01. The molecule has 0 fully saturated rings.